The van der Waals surface area contributed by atoms with Crippen LogP contribution in [-0.4, -0.2) is 57.8 Å². The fourth-order valence-corrected chi connectivity index (χ4v) is 5.42. The zero-order valence-corrected chi connectivity index (χ0v) is 20.7. The maximum atomic E-state index is 11.3. The molecule has 1 aliphatic rings. The van der Waals surface area contributed by atoms with E-state index in [1.807, 2.05) is 29.6 Å². The summed E-state index contributed by atoms with van der Waals surface area (Å²) in [7, 11) is 1.63. The van der Waals surface area contributed by atoms with Crippen molar-refractivity contribution in [1.29, 1.82) is 0 Å². The van der Waals surface area contributed by atoms with Crippen molar-refractivity contribution in [1.82, 2.24) is 14.9 Å². The number of piperidine rings is 1. The summed E-state index contributed by atoms with van der Waals surface area (Å²) in [5.74, 6) is 6.92. The van der Waals surface area contributed by atoms with Crippen molar-refractivity contribution in [2.45, 2.75) is 38.2 Å². The van der Waals surface area contributed by atoms with Gasteiger partial charge in [-0.15, -0.1) is 11.3 Å². The summed E-state index contributed by atoms with van der Waals surface area (Å²) in [6, 6.07) is 7.56. The van der Waals surface area contributed by atoms with Crippen LogP contribution in [0.3, 0.4) is 0 Å². The lowest BCUT2D eigenvalue weighted by Crippen LogP contribution is -2.41. The molecule has 0 aliphatic carbocycles. The fourth-order valence-electron chi connectivity index (χ4n) is 4.92. The van der Waals surface area contributed by atoms with Crippen molar-refractivity contribution in [3.05, 3.63) is 52.6 Å². The lowest BCUT2D eigenvalue weighted by atomic mass is 9.79. The number of rotatable bonds is 9. The zero-order valence-electron chi connectivity index (χ0n) is 19.9. The number of carboxylic acid groups (broad SMARTS) is 1. The summed E-state index contributed by atoms with van der Waals surface area (Å²) in [6.07, 6.45) is 6.11. The molecule has 7 nitrogen and oxygen atoms in total. The molecule has 2 aromatic heterocycles. The van der Waals surface area contributed by atoms with Crippen LogP contribution in [0.5, 0.6) is 5.75 Å². The van der Waals surface area contributed by atoms with Gasteiger partial charge in [-0.1, -0.05) is 5.92 Å². The van der Waals surface area contributed by atoms with Crippen LogP contribution in [0, 0.1) is 23.7 Å². The van der Waals surface area contributed by atoms with E-state index in [9.17, 15) is 15.0 Å². The van der Waals surface area contributed by atoms with E-state index < -0.39 is 12.1 Å². The van der Waals surface area contributed by atoms with E-state index in [0.717, 1.165) is 53.2 Å². The molecule has 0 spiro atoms. The second-order valence-electron chi connectivity index (χ2n) is 8.99. The van der Waals surface area contributed by atoms with E-state index in [1.54, 1.807) is 19.5 Å². The number of fused-ring (bicyclic) bond motifs is 1. The molecule has 8 heteroatoms. The van der Waals surface area contributed by atoms with Gasteiger partial charge >= 0.3 is 5.97 Å². The van der Waals surface area contributed by atoms with Crippen molar-refractivity contribution in [3.63, 3.8) is 0 Å². The van der Waals surface area contributed by atoms with Gasteiger partial charge in [0.25, 0.3) is 0 Å². The van der Waals surface area contributed by atoms with E-state index in [0.29, 0.717) is 25.3 Å². The third-order valence-electron chi connectivity index (χ3n) is 6.79. The number of thiazole rings is 1. The van der Waals surface area contributed by atoms with E-state index >= 15 is 0 Å². The number of aromatic nitrogens is 2. The predicted octanol–water partition coefficient (Wildman–Crippen LogP) is 4.37. The summed E-state index contributed by atoms with van der Waals surface area (Å²) < 4.78 is 5.36. The molecule has 35 heavy (non-hydrogen) atoms. The quantitative estimate of drug-likeness (QED) is 0.428. The lowest BCUT2D eigenvalue weighted by molar-refractivity contribution is -0.137. The molecule has 0 radical (unpaired) electrons. The average Bonchev–Trinajstić information content (AvgIpc) is 3.39. The fraction of sp³-hybridized carbons (Fsp3) is 0.444. The van der Waals surface area contributed by atoms with Gasteiger partial charge in [-0.05, 0) is 79.8 Å². The smallest absolute Gasteiger partial charge is 0.303 e. The molecule has 1 saturated heterocycles. The van der Waals surface area contributed by atoms with Crippen molar-refractivity contribution in [2.75, 3.05) is 26.7 Å². The topological polar surface area (TPSA) is 95.8 Å². The second-order valence-corrected chi connectivity index (χ2v) is 9.89. The number of hydrogen-bond donors (Lipinski definition) is 2. The number of pyridine rings is 1. The minimum Gasteiger partial charge on any atom is -0.497 e. The number of carboxylic acids is 1. The Balaban J connectivity index is 1.39. The molecule has 1 aromatic carbocycles. The second kappa shape index (κ2) is 12.1. The number of nitrogens with zero attached hydrogens (tertiary/aromatic N) is 3. The Kier molecular flexibility index (Phi) is 8.69. The number of benzene rings is 1. The van der Waals surface area contributed by atoms with Crippen LogP contribution in [0.4, 0.5) is 0 Å². The first-order valence-electron chi connectivity index (χ1n) is 12.0. The number of hydrogen-bond acceptors (Lipinski definition) is 7. The highest BCUT2D eigenvalue weighted by molar-refractivity contribution is 7.10. The Bertz CT molecular complexity index is 1190. The number of aliphatic hydroxyl groups excluding tert-OH is 1. The van der Waals surface area contributed by atoms with Crippen LogP contribution in [-0.2, 0) is 4.79 Å². The van der Waals surface area contributed by atoms with Crippen LogP contribution in [0.15, 0.2) is 42.0 Å². The number of likely N-dealkylation sites (tertiary alicyclic amines) is 1. The maximum absolute atomic E-state index is 11.3. The van der Waals surface area contributed by atoms with Crippen LogP contribution >= 0.6 is 11.3 Å². The Hall–Kier alpha value is -2.99. The first-order valence-corrected chi connectivity index (χ1v) is 12.8. The van der Waals surface area contributed by atoms with Gasteiger partial charge in [-0.25, -0.2) is 4.98 Å². The number of ether oxygens (including phenoxy) is 1. The van der Waals surface area contributed by atoms with E-state index in [-0.39, 0.29) is 12.3 Å². The van der Waals surface area contributed by atoms with E-state index in [4.69, 9.17) is 4.74 Å². The molecule has 0 unspecified atom stereocenters. The molecule has 1 fully saturated rings. The standard InChI is InChI=1S/C27H31N3O4S/c1-34-21-6-7-24-23(17-21)22(10-12-28-24)25(31)8-4-19-11-15-30(18-20(19)5-9-27(32)33)14-2-3-26-29-13-16-35-26/h6-7,10,12-13,16-17,19-20,25,31H,4-5,8-9,11,14-15,18H2,1H3,(H,32,33)/t19-,20-,25-/m1/s1. The highest BCUT2D eigenvalue weighted by Gasteiger charge is 2.29. The normalized spacial score (nSPS) is 19.1. The Labute approximate surface area is 209 Å². The predicted molar refractivity (Wildman–Crippen MR) is 136 cm³/mol. The third-order valence-corrected chi connectivity index (χ3v) is 7.48. The van der Waals surface area contributed by atoms with Crippen LogP contribution < -0.4 is 4.74 Å². The number of aliphatic hydroxyl groups is 1. The average molecular weight is 494 g/mol. The molecule has 0 amide bonds. The summed E-state index contributed by atoms with van der Waals surface area (Å²) in [4.78, 5) is 22.2. The molecule has 3 atom stereocenters. The highest BCUT2D eigenvalue weighted by Crippen LogP contribution is 2.35. The van der Waals surface area contributed by atoms with Gasteiger partial charge in [0.15, 0.2) is 5.01 Å². The van der Waals surface area contributed by atoms with E-state index in [1.165, 1.54) is 11.3 Å². The van der Waals surface area contributed by atoms with Crippen molar-refractivity contribution in [2.24, 2.45) is 11.8 Å². The molecule has 1 aliphatic heterocycles. The third kappa shape index (κ3) is 6.79. The van der Waals surface area contributed by atoms with Gasteiger partial charge in [0.05, 0.1) is 25.3 Å². The zero-order chi connectivity index (χ0) is 24.6. The molecular weight excluding hydrogens is 462 g/mol. The number of methoxy groups -OCH3 is 1. The Morgan fingerprint density at radius 3 is 2.91 bits per heavy atom. The summed E-state index contributed by atoms with van der Waals surface area (Å²) in [5.41, 5.74) is 1.68. The minimum atomic E-state index is -0.762. The van der Waals surface area contributed by atoms with Gasteiger partial charge in [0.1, 0.15) is 5.75 Å². The molecular formula is C27H31N3O4S. The highest BCUT2D eigenvalue weighted by atomic mass is 32.1. The maximum Gasteiger partial charge on any atom is 0.303 e. The molecule has 0 saturated carbocycles. The van der Waals surface area contributed by atoms with Gasteiger partial charge in [-0.2, -0.15) is 0 Å². The van der Waals surface area contributed by atoms with Gasteiger partial charge in [0, 0.05) is 36.1 Å². The first kappa shape index (κ1) is 25.1. The van der Waals surface area contributed by atoms with Crippen LogP contribution in [0.2, 0.25) is 0 Å². The van der Waals surface area contributed by atoms with Crippen LogP contribution in [0.1, 0.15) is 48.8 Å². The van der Waals surface area contributed by atoms with Gasteiger partial charge in [0.2, 0.25) is 0 Å². The first-order chi connectivity index (χ1) is 17.0. The number of aliphatic carboxylic acids is 1. The van der Waals surface area contributed by atoms with Crippen molar-refractivity contribution >= 4 is 28.2 Å². The summed E-state index contributed by atoms with van der Waals surface area (Å²) in [6.45, 7) is 2.41. The largest absolute Gasteiger partial charge is 0.497 e. The molecule has 4 rings (SSSR count). The van der Waals surface area contributed by atoms with Gasteiger partial charge < -0.3 is 14.9 Å². The molecule has 3 aromatic rings. The van der Waals surface area contributed by atoms with Crippen molar-refractivity contribution < 1.29 is 19.7 Å². The van der Waals surface area contributed by atoms with Crippen molar-refractivity contribution in [3.8, 4) is 17.6 Å². The monoisotopic (exact) mass is 493 g/mol. The molecule has 184 valence electrons. The SMILES string of the molecule is COc1ccc2nccc([C@H](O)CC[C@@H]3CCN(CC#Cc4nccs4)C[C@H]3CCC(=O)O)c2c1. The molecule has 0 bridgehead atoms. The molecule has 3 heterocycles. The molecule has 2 N–H and O–H groups in total. The lowest BCUT2D eigenvalue weighted by Gasteiger charge is -2.38. The Morgan fingerprint density at radius 2 is 2.14 bits per heavy atom. The minimum absolute atomic E-state index is 0.164. The van der Waals surface area contributed by atoms with Gasteiger partial charge in [-0.3, -0.25) is 14.7 Å². The van der Waals surface area contributed by atoms with E-state index in [2.05, 4.69) is 26.7 Å². The summed E-state index contributed by atoms with van der Waals surface area (Å²) in [5, 5.41) is 24.0. The van der Waals surface area contributed by atoms with Crippen LogP contribution in [0.25, 0.3) is 10.9 Å². The Morgan fingerprint density at radius 1 is 1.26 bits per heavy atom. The number of carbonyl (C=O) groups is 1. The summed E-state index contributed by atoms with van der Waals surface area (Å²) >= 11 is 1.53.